The molecule has 2 aromatic carbocycles. The summed E-state index contributed by atoms with van der Waals surface area (Å²) in [7, 11) is 0. The van der Waals surface area contributed by atoms with Gasteiger partial charge in [0.15, 0.2) is 18.1 Å². The molecule has 1 aliphatic rings. The molecule has 0 saturated heterocycles. The number of esters is 1. The van der Waals surface area contributed by atoms with E-state index in [-0.39, 0.29) is 29.9 Å². The second-order valence-corrected chi connectivity index (χ2v) is 6.12. The lowest BCUT2D eigenvalue weighted by atomic mass is 10.2. The van der Waals surface area contributed by atoms with Gasteiger partial charge in [-0.3, -0.25) is 0 Å². The molecule has 2 heterocycles. The van der Waals surface area contributed by atoms with Gasteiger partial charge >= 0.3 is 5.97 Å². The van der Waals surface area contributed by atoms with E-state index >= 15 is 0 Å². The summed E-state index contributed by atoms with van der Waals surface area (Å²) in [6, 6.07) is 9.88. The third kappa shape index (κ3) is 3.31. The van der Waals surface area contributed by atoms with Crippen LogP contribution in [0.25, 0.3) is 11.5 Å². The van der Waals surface area contributed by atoms with Gasteiger partial charge in [0.25, 0.3) is 5.89 Å². The SMILES string of the molecule is O=C(OCc1nnc(-c2ccc(Cl)cc2)o1)c1cc(Cl)c2c(c1)OCO2. The molecule has 0 fully saturated rings. The Balaban J connectivity index is 1.44. The van der Waals surface area contributed by atoms with Crippen molar-refractivity contribution in [3.8, 4) is 23.0 Å². The van der Waals surface area contributed by atoms with Gasteiger partial charge < -0.3 is 18.6 Å². The minimum atomic E-state index is -0.601. The molecule has 0 bridgehead atoms. The number of aromatic nitrogens is 2. The zero-order chi connectivity index (χ0) is 18.1. The lowest BCUT2D eigenvalue weighted by Crippen LogP contribution is -2.05. The Hall–Kier alpha value is -2.77. The topological polar surface area (TPSA) is 83.7 Å². The fourth-order valence-electron chi connectivity index (χ4n) is 2.32. The van der Waals surface area contributed by atoms with E-state index in [0.717, 1.165) is 0 Å². The van der Waals surface area contributed by atoms with Crippen LogP contribution in [0.2, 0.25) is 10.0 Å². The van der Waals surface area contributed by atoms with Gasteiger partial charge in [-0.2, -0.15) is 0 Å². The Bertz CT molecular complexity index is 972. The predicted molar refractivity (Wildman–Crippen MR) is 91.4 cm³/mol. The van der Waals surface area contributed by atoms with Crippen LogP contribution in [0.15, 0.2) is 40.8 Å². The van der Waals surface area contributed by atoms with E-state index in [1.807, 2.05) is 0 Å². The first-order valence-corrected chi connectivity index (χ1v) is 8.20. The second kappa shape index (κ2) is 6.86. The third-order valence-electron chi connectivity index (χ3n) is 3.55. The minimum Gasteiger partial charge on any atom is -0.454 e. The summed E-state index contributed by atoms with van der Waals surface area (Å²) >= 11 is 11.9. The highest BCUT2D eigenvalue weighted by Crippen LogP contribution is 2.39. The van der Waals surface area contributed by atoms with Crippen molar-refractivity contribution in [2.24, 2.45) is 0 Å². The van der Waals surface area contributed by atoms with Crippen molar-refractivity contribution in [1.82, 2.24) is 10.2 Å². The summed E-state index contributed by atoms with van der Waals surface area (Å²) in [5.74, 6) is 0.672. The summed E-state index contributed by atoms with van der Waals surface area (Å²) in [5, 5.41) is 8.65. The molecule has 9 heteroatoms. The molecule has 4 rings (SSSR count). The van der Waals surface area contributed by atoms with Crippen LogP contribution < -0.4 is 9.47 Å². The van der Waals surface area contributed by atoms with Gasteiger partial charge in [0.05, 0.1) is 10.6 Å². The molecule has 1 aliphatic heterocycles. The standard InChI is InChI=1S/C17H10Cl2N2O5/c18-11-3-1-9(2-4-11)16-21-20-14(26-16)7-23-17(22)10-5-12(19)15-13(6-10)24-8-25-15/h1-6H,7-8H2. The van der Waals surface area contributed by atoms with Crippen LogP contribution in [0.1, 0.15) is 16.2 Å². The lowest BCUT2D eigenvalue weighted by molar-refractivity contribution is 0.0438. The normalized spacial score (nSPS) is 12.2. The van der Waals surface area contributed by atoms with Crippen molar-refractivity contribution in [1.29, 1.82) is 0 Å². The molecular weight excluding hydrogens is 383 g/mol. The van der Waals surface area contributed by atoms with Crippen molar-refractivity contribution in [3.63, 3.8) is 0 Å². The molecule has 7 nitrogen and oxygen atoms in total. The quantitative estimate of drug-likeness (QED) is 0.617. The van der Waals surface area contributed by atoms with Gasteiger partial charge in [0.2, 0.25) is 12.7 Å². The first-order valence-electron chi connectivity index (χ1n) is 7.45. The van der Waals surface area contributed by atoms with Crippen LogP contribution in [0.4, 0.5) is 0 Å². The van der Waals surface area contributed by atoms with E-state index in [2.05, 4.69) is 10.2 Å². The van der Waals surface area contributed by atoms with Crippen LogP contribution in [0.5, 0.6) is 11.5 Å². The number of halogens is 2. The molecule has 0 spiro atoms. The Morgan fingerprint density at radius 1 is 1.12 bits per heavy atom. The number of carbonyl (C=O) groups is 1. The molecule has 0 aliphatic carbocycles. The zero-order valence-electron chi connectivity index (χ0n) is 13.1. The first-order chi connectivity index (χ1) is 12.6. The molecule has 0 N–H and O–H groups in total. The van der Waals surface area contributed by atoms with E-state index in [1.54, 1.807) is 24.3 Å². The largest absolute Gasteiger partial charge is 0.454 e. The third-order valence-corrected chi connectivity index (χ3v) is 4.08. The second-order valence-electron chi connectivity index (χ2n) is 5.28. The van der Waals surface area contributed by atoms with E-state index in [9.17, 15) is 4.79 Å². The van der Waals surface area contributed by atoms with Crippen LogP contribution >= 0.6 is 23.2 Å². The highest BCUT2D eigenvalue weighted by molar-refractivity contribution is 6.32. The zero-order valence-corrected chi connectivity index (χ0v) is 14.6. The Morgan fingerprint density at radius 2 is 1.92 bits per heavy atom. The molecule has 132 valence electrons. The molecule has 3 aromatic rings. The summed E-state index contributed by atoms with van der Waals surface area (Å²) in [5.41, 5.74) is 0.943. The maximum atomic E-state index is 12.2. The lowest BCUT2D eigenvalue weighted by Gasteiger charge is -2.05. The van der Waals surface area contributed by atoms with Crippen molar-refractivity contribution < 1.29 is 23.4 Å². The van der Waals surface area contributed by atoms with Crippen LogP contribution in [-0.2, 0) is 11.3 Å². The van der Waals surface area contributed by atoms with Crippen LogP contribution in [0.3, 0.4) is 0 Å². The molecule has 1 aromatic heterocycles. The summed E-state index contributed by atoms with van der Waals surface area (Å²) in [6.45, 7) is -0.117. The molecule has 0 amide bonds. The summed E-state index contributed by atoms with van der Waals surface area (Å²) < 4.78 is 21.1. The fraction of sp³-hybridized carbons (Fsp3) is 0.118. The molecule has 0 saturated carbocycles. The van der Waals surface area contributed by atoms with Crippen LogP contribution in [-0.4, -0.2) is 23.0 Å². The minimum absolute atomic E-state index is 0.0585. The van der Waals surface area contributed by atoms with Crippen molar-refractivity contribution in [2.75, 3.05) is 6.79 Å². The van der Waals surface area contributed by atoms with E-state index in [1.165, 1.54) is 12.1 Å². The molecule has 0 unspecified atom stereocenters. The molecule has 0 atom stereocenters. The summed E-state index contributed by atoms with van der Waals surface area (Å²) in [6.07, 6.45) is 0. The van der Waals surface area contributed by atoms with Crippen LogP contribution in [0, 0.1) is 0 Å². The monoisotopic (exact) mass is 392 g/mol. The van der Waals surface area contributed by atoms with E-state index in [0.29, 0.717) is 28.0 Å². The summed E-state index contributed by atoms with van der Waals surface area (Å²) in [4.78, 5) is 12.2. The van der Waals surface area contributed by atoms with Gasteiger partial charge in [0.1, 0.15) is 0 Å². The smallest absolute Gasteiger partial charge is 0.338 e. The number of nitrogens with zero attached hydrogens (tertiary/aromatic N) is 2. The maximum Gasteiger partial charge on any atom is 0.338 e. The first kappa shape index (κ1) is 16.7. The average molecular weight is 393 g/mol. The Kier molecular flexibility index (Phi) is 4.40. The Morgan fingerprint density at radius 3 is 2.73 bits per heavy atom. The number of hydrogen-bond donors (Lipinski definition) is 0. The highest BCUT2D eigenvalue weighted by Gasteiger charge is 2.21. The Labute approximate surface area is 157 Å². The molecule has 0 radical (unpaired) electrons. The number of hydrogen-bond acceptors (Lipinski definition) is 7. The average Bonchev–Trinajstić information content (AvgIpc) is 3.29. The van der Waals surface area contributed by atoms with Gasteiger partial charge in [-0.05, 0) is 36.4 Å². The van der Waals surface area contributed by atoms with Gasteiger partial charge in [-0.1, -0.05) is 23.2 Å². The number of ether oxygens (including phenoxy) is 3. The van der Waals surface area contributed by atoms with Gasteiger partial charge in [-0.25, -0.2) is 4.79 Å². The number of rotatable bonds is 4. The predicted octanol–water partition coefficient (Wildman–Crippen LogP) is 4.13. The number of carbonyl (C=O) groups excluding carboxylic acids is 1. The fourth-order valence-corrected chi connectivity index (χ4v) is 2.71. The number of benzene rings is 2. The molecular formula is C17H10Cl2N2O5. The molecule has 26 heavy (non-hydrogen) atoms. The van der Waals surface area contributed by atoms with E-state index in [4.69, 9.17) is 41.8 Å². The maximum absolute atomic E-state index is 12.2. The van der Waals surface area contributed by atoms with Crippen molar-refractivity contribution >= 4 is 29.2 Å². The van der Waals surface area contributed by atoms with E-state index < -0.39 is 5.97 Å². The van der Waals surface area contributed by atoms with Crippen molar-refractivity contribution in [3.05, 3.63) is 57.9 Å². The highest BCUT2D eigenvalue weighted by atomic mass is 35.5. The van der Waals surface area contributed by atoms with Gasteiger partial charge in [-0.15, -0.1) is 10.2 Å². The number of fused-ring (bicyclic) bond motifs is 1. The van der Waals surface area contributed by atoms with Crippen molar-refractivity contribution in [2.45, 2.75) is 6.61 Å². The van der Waals surface area contributed by atoms with Gasteiger partial charge in [0, 0.05) is 10.6 Å².